The van der Waals surface area contributed by atoms with Gasteiger partial charge < -0.3 is 26.4 Å². The molecule has 9 heteroatoms. The summed E-state index contributed by atoms with van der Waals surface area (Å²) in [5, 5.41) is 9.00. The highest BCUT2D eigenvalue weighted by Crippen LogP contribution is 2.20. The number of benzene rings is 1. The number of nitrogens with one attached hydrogen (secondary N) is 3. The SMILES string of the molecule is CN=C(NCCCOC1CCCCC1)NCc1ccc(C(=O)NCC(N)=O)cc1.I. The Labute approximate surface area is 195 Å². The molecular weight excluding hydrogens is 497 g/mol. The average molecular weight is 531 g/mol. The highest BCUT2D eigenvalue weighted by Gasteiger charge is 2.13. The molecular formula is C21H34IN5O3. The van der Waals surface area contributed by atoms with E-state index in [1.54, 1.807) is 19.2 Å². The molecule has 0 bridgehead atoms. The molecule has 168 valence electrons. The van der Waals surface area contributed by atoms with Crippen molar-refractivity contribution in [3.63, 3.8) is 0 Å². The lowest BCUT2D eigenvalue weighted by molar-refractivity contribution is -0.117. The molecule has 0 spiro atoms. The third kappa shape index (κ3) is 10.2. The summed E-state index contributed by atoms with van der Waals surface area (Å²) in [6.07, 6.45) is 7.70. The summed E-state index contributed by atoms with van der Waals surface area (Å²) < 4.78 is 5.93. The summed E-state index contributed by atoms with van der Waals surface area (Å²) in [6.45, 7) is 1.98. The van der Waals surface area contributed by atoms with Crippen LogP contribution in [-0.4, -0.2) is 50.6 Å². The summed E-state index contributed by atoms with van der Waals surface area (Å²) in [5.74, 6) is -0.166. The van der Waals surface area contributed by atoms with E-state index >= 15 is 0 Å². The lowest BCUT2D eigenvalue weighted by Crippen LogP contribution is -2.37. The molecule has 1 fully saturated rings. The molecule has 0 saturated heterocycles. The number of guanidine groups is 1. The van der Waals surface area contributed by atoms with Gasteiger partial charge in [-0.05, 0) is 37.0 Å². The highest BCUT2D eigenvalue weighted by atomic mass is 127. The Kier molecular flexibility index (Phi) is 13.1. The Morgan fingerprint density at radius 1 is 1.10 bits per heavy atom. The van der Waals surface area contributed by atoms with Gasteiger partial charge in [0.1, 0.15) is 0 Å². The topological polar surface area (TPSA) is 118 Å². The zero-order chi connectivity index (χ0) is 20.9. The Bertz CT molecular complexity index is 676. The van der Waals surface area contributed by atoms with Crippen molar-refractivity contribution in [2.45, 2.75) is 51.2 Å². The normalized spacial score (nSPS) is 14.5. The van der Waals surface area contributed by atoms with Gasteiger partial charge in [-0.2, -0.15) is 0 Å². The number of hydrogen-bond donors (Lipinski definition) is 4. The predicted molar refractivity (Wildman–Crippen MR) is 129 cm³/mol. The van der Waals surface area contributed by atoms with Crippen molar-refractivity contribution in [1.82, 2.24) is 16.0 Å². The summed E-state index contributed by atoms with van der Waals surface area (Å²) in [6, 6.07) is 7.15. The van der Waals surface area contributed by atoms with E-state index in [9.17, 15) is 9.59 Å². The Morgan fingerprint density at radius 3 is 2.43 bits per heavy atom. The van der Waals surface area contributed by atoms with Crippen LogP contribution in [0.25, 0.3) is 0 Å². The number of rotatable bonds is 10. The van der Waals surface area contributed by atoms with Gasteiger partial charge in [0.25, 0.3) is 5.91 Å². The van der Waals surface area contributed by atoms with Crippen molar-refractivity contribution < 1.29 is 14.3 Å². The number of carbonyl (C=O) groups is 2. The minimum Gasteiger partial charge on any atom is -0.378 e. The molecule has 0 aromatic heterocycles. The van der Waals surface area contributed by atoms with Crippen molar-refractivity contribution in [3.05, 3.63) is 35.4 Å². The number of ether oxygens (including phenoxy) is 1. The fraction of sp³-hybridized carbons (Fsp3) is 0.571. The summed E-state index contributed by atoms with van der Waals surface area (Å²) in [7, 11) is 1.74. The van der Waals surface area contributed by atoms with Crippen LogP contribution in [-0.2, 0) is 16.1 Å². The average Bonchev–Trinajstić information content (AvgIpc) is 2.75. The van der Waals surface area contributed by atoms with Crippen LogP contribution in [0.2, 0.25) is 0 Å². The van der Waals surface area contributed by atoms with Crippen molar-refractivity contribution in [1.29, 1.82) is 0 Å². The first-order valence-electron chi connectivity index (χ1n) is 10.3. The molecule has 0 aliphatic heterocycles. The fourth-order valence-corrected chi connectivity index (χ4v) is 3.21. The molecule has 1 saturated carbocycles. The molecule has 0 unspecified atom stereocenters. The first kappa shape index (κ1) is 26.2. The number of amides is 2. The van der Waals surface area contributed by atoms with Crippen molar-refractivity contribution in [3.8, 4) is 0 Å². The maximum atomic E-state index is 11.9. The standard InChI is InChI=1S/C21H33N5O3.HI/c1-23-21(24-12-5-13-29-18-6-3-2-4-7-18)26-14-16-8-10-17(11-9-16)20(28)25-15-19(22)27;/h8-11,18H,2-7,12-15H2,1H3,(H2,22,27)(H,25,28)(H2,23,24,26);1H. The molecule has 1 aliphatic rings. The first-order valence-corrected chi connectivity index (χ1v) is 10.3. The largest absolute Gasteiger partial charge is 0.378 e. The highest BCUT2D eigenvalue weighted by molar-refractivity contribution is 14.0. The maximum Gasteiger partial charge on any atom is 0.251 e. The second kappa shape index (κ2) is 15.0. The van der Waals surface area contributed by atoms with Gasteiger partial charge in [-0.15, -0.1) is 24.0 Å². The number of primary amides is 1. The van der Waals surface area contributed by atoms with Gasteiger partial charge in [-0.25, -0.2) is 0 Å². The van der Waals surface area contributed by atoms with Crippen LogP contribution in [0.3, 0.4) is 0 Å². The Morgan fingerprint density at radius 2 is 1.80 bits per heavy atom. The number of carbonyl (C=O) groups excluding carboxylic acids is 2. The van der Waals surface area contributed by atoms with Crippen molar-refractivity contribution >= 4 is 41.8 Å². The van der Waals surface area contributed by atoms with Crippen LogP contribution in [0.4, 0.5) is 0 Å². The lowest BCUT2D eigenvalue weighted by atomic mass is 9.98. The van der Waals surface area contributed by atoms with Gasteiger partial charge in [0, 0.05) is 32.3 Å². The summed E-state index contributed by atoms with van der Waals surface area (Å²) in [5.41, 5.74) is 6.52. The Hall–Kier alpha value is -1.88. The lowest BCUT2D eigenvalue weighted by Gasteiger charge is -2.22. The molecule has 1 aromatic carbocycles. The summed E-state index contributed by atoms with van der Waals surface area (Å²) >= 11 is 0. The molecule has 5 N–H and O–H groups in total. The summed E-state index contributed by atoms with van der Waals surface area (Å²) in [4.78, 5) is 26.8. The van der Waals surface area contributed by atoms with Crippen LogP contribution < -0.4 is 21.7 Å². The second-order valence-electron chi connectivity index (χ2n) is 7.18. The van der Waals surface area contributed by atoms with E-state index in [-0.39, 0.29) is 36.4 Å². The predicted octanol–water partition coefficient (Wildman–Crippen LogP) is 1.92. The number of hydrogen-bond acceptors (Lipinski definition) is 4. The van der Waals surface area contributed by atoms with Crippen LogP contribution in [0.15, 0.2) is 29.3 Å². The van der Waals surface area contributed by atoms with E-state index in [4.69, 9.17) is 10.5 Å². The van der Waals surface area contributed by atoms with Crippen molar-refractivity contribution in [2.75, 3.05) is 26.7 Å². The molecule has 8 nitrogen and oxygen atoms in total. The van der Waals surface area contributed by atoms with E-state index in [1.165, 1.54) is 32.1 Å². The quantitative estimate of drug-likeness (QED) is 0.159. The van der Waals surface area contributed by atoms with Gasteiger partial charge in [-0.3, -0.25) is 14.6 Å². The Balaban J connectivity index is 0.00000450. The van der Waals surface area contributed by atoms with Crippen molar-refractivity contribution in [2.24, 2.45) is 10.7 Å². The van der Waals surface area contributed by atoms with Gasteiger partial charge in [-0.1, -0.05) is 31.4 Å². The third-order valence-corrected chi connectivity index (χ3v) is 4.84. The van der Waals surface area contributed by atoms with E-state index in [0.29, 0.717) is 18.2 Å². The number of aliphatic imine (C=N–C) groups is 1. The van der Waals surface area contributed by atoms with Crippen LogP contribution >= 0.6 is 24.0 Å². The molecule has 2 amide bonds. The third-order valence-electron chi connectivity index (χ3n) is 4.84. The van der Waals surface area contributed by atoms with Gasteiger partial charge >= 0.3 is 0 Å². The first-order chi connectivity index (χ1) is 14.1. The van der Waals surface area contributed by atoms with Crippen LogP contribution in [0.5, 0.6) is 0 Å². The number of nitrogens with two attached hydrogens (primary N) is 1. The molecule has 1 aromatic rings. The molecule has 0 radical (unpaired) electrons. The maximum absolute atomic E-state index is 11.9. The molecule has 30 heavy (non-hydrogen) atoms. The number of nitrogens with zero attached hydrogens (tertiary/aromatic N) is 1. The zero-order valence-electron chi connectivity index (χ0n) is 17.6. The monoisotopic (exact) mass is 531 g/mol. The van der Waals surface area contributed by atoms with Gasteiger partial charge in [0.15, 0.2) is 5.96 Å². The van der Waals surface area contributed by atoms with E-state index in [2.05, 4.69) is 20.9 Å². The molecule has 0 heterocycles. The zero-order valence-corrected chi connectivity index (χ0v) is 19.9. The van der Waals surface area contributed by atoms with Gasteiger partial charge in [0.05, 0.1) is 12.6 Å². The minimum absolute atomic E-state index is 0. The van der Waals surface area contributed by atoms with E-state index in [0.717, 1.165) is 31.1 Å². The minimum atomic E-state index is -0.571. The van der Waals surface area contributed by atoms with E-state index in [1.807, 2.05) is 12.1 Å². The fourth-order valence-electron chi connectivity index (χ4n) is 3.21. The second-order valence-corrected chi connectivity index (χ2v) is 7.18. The smallest absolute Gasteiger partial charge is 0.251 e. The number of halogens is 1. The molecule has 0 atom stereocenters. The van der Waals surface area contributed by atoms with Crippen LogP contribution in [0.1, 0.15) is 54.4 Å². The van der Waals surface area contributed by atoms with E-state index < -0.39 is 5.91 Å². The molecule has 2 rings (SSSR count). The molecule has 1 aliphatic carbocycles. The van der Waals surface area contributed by atoms with Crippen LogP contribution in [0, 0.1) is 0 Å². The van der Waals surface area contributed by atoms with Gasteiger partial charge in [0.2, 0.25) is 5.91 Å².